The van der Waals surface area contributed by atoms with E-state index in [4.69, 9.17) is 9.84 Å². The summed E-state index contributed by atoms with van der Waals surface area (Å²) >= 11 is 1.37. The van der Waals surface area contributed by atoms with Gasteiger partial charge in [0.05, 0.1) is 12.1 Å². The second kappa shape index (κ2) is 7.04. The fourth-order valence-electron chi connectivity index (χ4n) is 1.75. The van der Waals surface area contributed by atoms with Crippen LogP contribution in [0.4, 0.5) is 0 Å². The summed E-state index contributed by atoms with van der Waals surface area (Å²) in [5.74, 6) is -0.778. The molecule has 0 saturated heterocycles. The van der Waals surface area contributed by atoms with Gasteiger partial charge in [-0.15, -0.1) is 11.3 Å². The molecule has 0 aliphatic rings. The Morgan fingerprint density at radius 1 is 1.36 bits per heavy atom. The van der Waals surface area contributed by atoms with Crippen molar-refractivity contribution in [2.24, 2.45) is 0 Å². The largest absolute Gasteiger partial charge is 0.497 e. The number of amides is 1. The summed E-state index contributed by atoms with van der Waals surface area (Å²) in [5.41, 5.74) is 1.29. The third-order valence-electron chi connectivity index (χ3n) is 3.02. The van der Waals surface area contributed by atoms with Crippen LogP contribution in [0, 0.1) is 0 Å². The van der Waals surface area contributed by atoms with Crippen LogP contribution in [0.2, 0.25) is 0 Å². The number of ether oxygens (including phenoxy) is 1. The zero-order valence-corrected chi connectivity index (χ0v) is 13.0. The summed E-state index contributed by atoms with van der Waals surface area (Å²) in [6.45, 7) is 1.41. The minimum atomic E-state index is -1.08. The second-order valence-electron chi connectivity index (χ2n) is 4.68. The smallest absolute Gasteiger partial charge is 0.325 e. The third kappa shape index (κ3) is 4.05. The summed E-state index contributed by atoms with van der Waals surface area (Å²) in [5, 5.41) is 13.6. The molecule has 1 amide bonds. The van der Waals surface area contributed by atoms with E-state index < -0.39 is 17.9 Å². The SMILES string of the molecule is COc1ccc(Cc2nc(C(=O)NC(C)C(=O)O)cs2)cc1. The minimum absolute atomic E-state index is 0.238. The van der Waals surface area contributed by atoms with Gasteiger partial charge in [-0.1, -0.05) is 12.1 Å². The standard InChI is InChI=1S/C15H16N2O4S/c1-9(15(19)20)16-14(18)12-8-22-13(17-12)7-10-3-5-11(21-2)6-4-10/h3-6,8-9H,7H2,1-2H3,(H,16,18)(H,19,20). The molecule has 0 bridgehead atoms. The summed E-state index contributed by atoms with van der Waals surface area (Å²) < 4.78 is 5.10. The average molecular weight is 320 g/mol. The van der Waals surface area contributed by atoms with Crippen molar-refractivity contribution in [3.63, 3.8) is 0 Å². The van der Waals surface area contributed by atoms with Crippen LogP contribution in [0.25, 0.3) is 0 Å². The Morgan fingerprint density at radius 3 is 2.64 bits per heavy atom. The van der Waals surface area contributed by atoms with E-state index in [1.807, 2.05) is 24.3 Å². The van der Waals surface area contributed by atoms with Crippen molar-refractivity contribution in [1.29, 1.82) is 0 Å². The number of benzene rings is 1. The zero-order valence-electron chi connectivity index (χ0n) is 12.2. The lowest BCUT2D eigenvalue weighted by atomic mass is 10.1. The number of rotatable bonds is 6. The maximum absolute atomic E-state index is 11.9. The van der Waals surface area contributed by atoms with Crippen LogP contribution in [0.15, 0.2) is 29.6 Å². The lowest BCUT2D eigenvalue weighted by Crippen LogP contribution is -2.38. The lowest BCUT2D eigenvalue weighted by Gasteiger charge is -2.06. The van der Waals surface area contributed by atoms with E-state index in [-0.39, 0.29) is 5.69 Å². The second-order valence-corrected chi connectivity index (χ2v) is 5.63. The number of nitrogens with one attached hydrogen (secondary N) is 1. The normalized spacial score (nSPS) is 11.7. The molecule has 0 spiro atoms. The van der Waals surface area contributed by atoms with Gasteiger partial charge in [0.15, 0.2) is 0 Å². The first kappa shape index (κ1) is 16.0. The molecular formula is C15H16N2O4S. The Balaban J connectivity index is 2.01. The number of methoxy groups -OCH3 is 1. The monoisotopic (exact) mass is 320 g/mol. The molecule has 2 rings (SSSR count). The van der Waals surface area contributed by atoms with Gasteiger partial charge in [-0.2, -0.15) is 0 Å². The number of aromatic nitrogens is 1. The van der Waals surface area contributed by atoms with Gasteiger partial charge in [-0.05, 0) is 24.6 Å². The van der Waals surface area contributed by atoms with Gasteiger partial charge < -0.3 is 15.2 Å². The van der Waals surface area contributed by atoms with Crippen molar-refractivity contribution in [2.45, 2.75) is 19.4 Å². The molecule has 1 aromatic carbocycles. The van der Waals surface area contributed by atoms with Crippen molar-refractivity contribution in [3.8, 4) is 5.75 Å². The predicted octanol–water partition coefficient (Wildman–Crippen LogP) is 1.95. The molecule has 22 heavy (non-hydrogen) atoms. The number of carbonyl (C=O) groups is 2. The molecule has 0 radical (unpaired) electrons. The van der Waals surface area contributed by atoms with E-state index in [1.165, 1.54) is 18.3 Å². The zero-order chi connectivity index (χ0) is 16.1. The average Bonchev–Trinajstić information content (AvgIpc) is 2.96. The van der Waals surface area contributed by atoms with Gasteiger partial charge in [0.1, 0.15) is 17.5 Å². The van der Waals surface area contributed by atoms with Crippen LogP contribution in [0.1, 0.15) is 28.0 Å². The van der Waals surface area contributed by atoms with Gasteiger partial charge in [-0.3, -0.25) is 9.59 Å². The molecule has 6 nitrogen and oxygen atoms in total. The molecule has 116 valence electrons. The number of hydrogen-bond acceptors (Lipinski definition) is 5. The Hall–Kier alpha value is -2.41. The number of thiazole rings is 1. The van der Waals surface area contributed by atoms with Gasteiger partial charge in [0.25, 0.3) is 5.91 Å². The van der Waals surface area contributed by atoms with Crippen LogP contribution in [0.3, 0.4) is 0 Å². The number of carboxylic acid groups (broad SMARTS) is 1. The van der Waals surface area contributed by atoms with E-state index in [0.717, 1.165) is 16.3 Å². The fourth-order valence-corrected chi connectivity index (χ4v) is 2.56. The molecule has 0 aliphatic heterocycles. The topological polar surface area (TPSA) is 88.5 Å². The van der Waals surface area contributed by atoms with Crippen LogP contribution in [0.5, 0.6) is 5.75 Å². The van der Waals surface area contributed by atoms with Crippen LogP contribution in [-0.2, 0) is 11.2 Å². The van der Waals surface area contributed by atoms with E-state index in [2.05, 4.69) is 10.3 Å². The van der Waals surface area contributed by atoms with E-state index in [9.17, 15) is 9.59 Å². The molecule has 0 saturated carbocycles. The minimum Gasteiger partial charge on any atom is -0.497 e. The molecule has 1 unspecified atom stereocenters. The first-order valence-corrected chi connectivity index (χ1v) is 7.48. The highest BCUT2D eigenvalue weighted by molar-refractivity contribution is 7.09. The summed E-state index contributed by atoms with van der Waals surface area (Å²) in [7, 11) is 1.61. The number of carbonyl (C=O) groups excluding carboxylic acids is 1. The lowest BCUT2D eigenvalue weighted by molar-refractivity contribution is -0.138. The Kier molecular flexibility index (Phi) is 5.11. The maximum Gasteiger partial charge on any atom is 0.325 e. The highest BCUT2D eigenvalue weighted by atomic mass is 32.1. The molecule has 1 atom stereocenters. The van der Waals surface area contributed by atoms with Crippen molar-refractivity contribution in [2.75, 3.05) is 7.11 Å². The maximum atomic E-state index is 11.9. The van der Waals surface area contributed by atoms with Crippen molar-refractivity contribution < 1.29 is 19.4 Å². The number of hydrogen-bond donors (Lipinski definition) is 2. The molecule has 7 heteroatoms. The Labute approximate surface area is 131 Å². The van der Waals surface area contributed by atoms with Gasteiger partial charge in [-0.25, -0.2) is 4.98 Å². The van der Waals surface area contributed by atoms with Gasteiger partial charge in [0, 0.05) is 11.8 Å². The van der Waals surface area contributed by atoms with Crippen LogP contribution in [-0.4, -0.2) is 35.1 Å². The molecule has 1 aromatic heterocycles. The summed E-state index contributed by atoms with van der Waals surface area (Å²) in [6, 6.07) is 6.66. The van der Waals surface area contributed by atoms with Gasteiger partial charge in [0.2, 0.25) is 0 Å². The van der Waals surface area contributed by atoms with Crippen molar-refractivity contribution in [3.05, 3.63) is 45.9 Å². The van der Waals surface area contributed by atoms with Crippen LogP contribution < -0.4 is 10.1 Å². The quantitative estimate of drug-likeness (QED) is 0.849. The van der Waals surface area contributed by atoms with Crippen molar-refractivity contribution >= 4 is 23.2 Å². The van der Waals surface area contributed by atoms with Crippen molar-refractivity contribution in [1.82, 2.24) is 10.3 Å². The first-order valence-electron chi connectivity index (χ1n) is 6.60. The number of aliphatic carboxylic acids is 1. The number of carboxylic acids is 1. The molecule has 0 aliphatic carbocycles. The third-order valence-corrected chi connectivity index (χ3v) is 3.87. The Morgan fingerprint density at radius 2 is 2.05 bits per heavy atom. The van der Waals surface area contributed by atoms with E-state index >= 15 is 0 Å². The highest BCUT2D eigenvalue weighted by Gasteiger charge is 2.17. The first-order chi connectivity index (χ1) is 10.5. The molecule has 2 aromatic rings. The van der Waals surface area contributed by atoms with Crippen LogP contribution >= 0.6 is 11.3 Å². The summed E-state index contributed by atoms with van der Waals surface area (Å²) in [6.07, 6.45) is 0.608. The predicted molar refractivity (Wildman–Crippen MR) is 82.5 cm³/mol. The van der Waals surface area contributed by atoms with Gasteiger partial charge >= 0.3 is 5.97 Å². The summed E-state index contributed by atoms with van der Waals surface area (Å²) in [4.78, 5) is 26.8. The number of nitrogens with zero attached hydrogens (tertiary/aromatic N) is 1. The molecule has 1 heterocycles. The highest BCUT2D eigenvalue weighted by Crippen LogP contribution is 2.17. The Bertz CT molecular complexity index is 666. The van der Waals surface area contributed by atoms with E-state index in [1.54, 1.807) is 12.5 Å². The molecular weight excluding hydrogens is 304 g/mol. The van der Waals surface area contributed by atoms with E-state index in [0.29, 0.717) is 6.42 Å². The fraction of sp³-hybridized carbons (Fsp3) is 0.267. The molecule has 2 N–H and O–H groups in total. The molecule has 0 fully saturated rings.